The minimum atomic E-state index is -0.725. The van der Waals surface area contributed by atoms with Gasteiger partial charge in [-0.2, -0.15) is 0 Å². The number of hydrogen-bond acceptors (Lipinski definition) is 6. The summed E-state index contributed by atoms with van der Waals surface area (Å²) in [6.45, 7) is 6.04. The van der Waals surface area contributed by atoms with E-state index in [1.165, 1.54) is 30.2 Å². The highest BCUT2D eigenvalue weighted by atomic mass is 35.5. The van der Waals surface area contributed by atoms with E-state index in [0.717, 1.165) is 0 Å². The van der Waals surface area contributed by atoms with Gasteiger partial charge in [-0.15, -0.1) is 0 Å². The van der Waals surface area contributed by atoms with Crippen LogP contribution in [-0.4, -0.2) is 47.9 Å². The SMILES string of the molecule is CC[C@@H](C(=O)NCC(C)C)N(Cc1ccccc1Cl)C(=O)COc1ccc([N+](=O)[O-])c(OC)c1. The second-order valence-corrected chi connectivity index (χ2v) is 8.46. The smallest absolute Gasteiger partial charge is 0.311 e. The van der Waals surface area contributed by atoms with Gasteiger partial charge in [-0.1, -0.05) is 50.6 Å². The van der Waals surface area contributed by atoms with E-state index >= 15 is 0 Å². The van der Waals surface area contributed by atoms with Crippen molar-refractivity contribution in [2.45, 2.75) is 39.8 Å². The standard InChI is InChI=1S/C24H30ClN3O6/c1-5-20(24(30)26-13-16(2)3)27(14-17-8-6-7-9-19(17)25)23(29)15-34-18-10-11-21(28(31)32)22(12-18)33-4/h6-12,16,20H,5,13-15H2,1-4H3,(H,26,30)/t20-/m0/s1. The van der Waals surface area contributed by atoms with E-state index in [1.807, 2.05) is 26.8 Å². The van der Waals surface area contributed by atoms with Gasteiger partial charge in [0, 0.05) is 30.2 Å². The van der Waals surface area contributed by atoms with Gasteiger partial charge in [0.05, 0.1) is 12.0 Å². The van der Waals surface area contributed by atoms with Gasteiger partial charge in [0.15, 0.2) is 6.61 Å². The number of nitrogens with zero attached hydrogens (tertiary/aromatic N) is 2. The Labute approximate surface area is 204 Å². The fourth-order valence-corrected chi connectivity index (χ4v) is 3.47. The largest absolute Gasteiger partial charge is 0.490 e. The minimum Gasteiger partial charge on any atom is -0.490 e. The number of ether oxygens (including phenoxy) is 2. The topological polar surface area (TPSA) is 111 Å². The summed E-state index contributed by atoms with van der Waals surface area (Å²) in [5.74, 6) is -0.180. The number of carbonyl (C=O) groups is 2. The van der Waals surface area contributed by atoms with Crippen LogP contribution in [-0.2, 0) is 16.1 Å². The zero-order valence-corrected chi connectivity index (χ0v) is 20.5. The molecule has 1 N–H and O–H groups in total. The Morgan fingerprint density at radius 3 is 2.50 bits per heavy atom. The summed E-state index contributed by atoms with van der Waals surface area (Å²) < 4.78 is 10.7. The molecule has 2 aromatic carbocycles. The van der Waals surface area contributed by atoms with Crippen LogP contribution in [0.2, 0.25) is 5.02 Å². The van der Waals surface area contributed by atoms with E-state index in [-0.39, 0.29) is 42.2 Å². The van der Waals surface area contributed by atoms with Crippen molar-refractivity contribution in [3.63, 3.8) is 0 Å². The van der Waals surface area contributed by atoms with E-state index in [4.69, 9.17) is 21.1 Å². The molecule has 2 rings (SSSR count). The van der Waals surface area contributed by atoms with Gasteiger partial charge in [-0.3, -0.25) is 19.7 Å². The highest BCUT2D eigenvalue weighted by Crippen LogP contribution is 2.31. The Hall–Kier alpha value is -3.33. The number of amides is 2. The zero-order chi connectivity index (χ0) is 25.3. The van der Waals surface area contributed by atoms with Crippen molar-refractivity contribution in [3.8, 4) is 11.5 Å². The van der Waals surface area contributed by atoms with Gasteiger partial charge in [-0.25, -0.2) is 0 Å². The monoisotopic (exact) mass is 491 g/mol. The lowest BCUT2D eigenvalue weighted by molar-refractivity contribution is -0.385. The lowest BCUT2D eigenvalue weighted by Crippen LogP contribution is -2.50. The molecule has 0 saturated carbocycles. The van der Waals surface area contributed by atoms with Crippen LogP contribution in [0.5, 0.6) is 11.5 Å². The highest BCUT2D eigenvalue weighted by Gasteiger charge is 2.29. The van der Waals surface area contributed by atoms with Gasteiger partial charge in [0.25, 0.3) is 5.91 Å². The fourth-order valence-electron chi connectivity index (χ4n) is 3.28. The average Bonchev–Trinajstić information content (AvgIpc) is 2.81. The first kappa shape index (κ1) is 26.9. The molecule has 2 amide bonds. The van der Waals surface area contributed by atoms with Gasteiger partial charge in [0.2, 0.25) is 11.7 Å². The molecule has 0 bridgehead atoms. The summed E-state index contributed by atoms with van der Waals surface area (Å²) in [5, 5.41) is 14.5. The van der Waals surface area contributed by atoms with Crippen LogP contribution < -0.4 is 14.8 Å². The molecule has 10 heteroatoms. The van der Waals surface area contributed by atoms with Crippen molar-refractivity contribution in [3.05, 3.63) is 63.2 Å². The molecule has 9 nitrogen and oxygen atoms in total. The molecule has 0 unspecified atom stereocenters. The first-order valence-corrected chi connectivity index (χ1v) is 11.3. The summed E-state index contributed by atoms with van der Waals surface area (Å²) in [4.78, 5) is 38.1. The number of nitrogens with one attached hydrogen (secondary N) is 1. The summed E-state index contributed by atoms with van der Waals surface area (Å²) in [6.07, 6.45) is 0.394. The van der Waals surface area contributed by atoms with Gasteiger partial charge >= 0.3 is 5.69 Å². The van der Waals surface area contributed by atoms with Gasteiger partial charge in [-0.05, 0) is 30.0 Å². The maximum Gasteiger partial charge on any atom is 0.311 e. The number of halogens is 1. The van der Waals surface area contributed by atoms with Crippen LogP contribution in [0.1, 0.15) is 32.8 Å². The van der Waals surface area contributed by atoms with E-state index < -0.39 is 16.9 Å². The molecule has 0 radical (unpaired) electrons. The number of nitro benzene ring substituents is 1. The van der Waals surface area contributed by atoms with Crippen molar-refractivity contribution in [2.24, 2.45) is 5.92 Å². The van der Waals surface area contributed by atoms with Crippen molar-refractivity contribution in [1.29, 1.82) is 0 Å². The van der Waals surface area contributed by atoms with Crippen LogP contribution in [0.15, 0.2) is 42.5 Å². The number of methoxy groups -OCH3 is 1. The first-order chi connectivity index (χ1) is 16.2. The first-order valence-electron chi connectivity index (χ1n) is 10.9. The van der Waals surface area contributed by atoms with Crippen molar-refractivity contribution >= 4 is 29.1 Å². The maximum atomic E-state index is 13.2. The van der Waals surface area contributed by atoms with Crippen molar-refractivity contribution in [2.75, 3.05) is 20.3 Å². The molecule has 2 aromatic rings. The number of benzene rings is 2. The Morgan fingerprint density at radius 1 is 1.21 bits per heavy atom. The molecule has 0 heterocycles. The third-order valence-corrected chi connectivity index (χ3v) is 5.45. The lowest BCUT2D eigenvalue weighted by atomic mass is 10.1. The number of nitro groups is 1. The second-order valence-electron chi connectivity index (χ2n) is 8.06. The van der Waals surface area contributed by atoms with Crippen molar-refractivity contribution in [1.82, 2.24) is 10.2 Å². The molecular formula is C24H30ClN3O6. The molecule has 0 fully saturated rings. The predicted molar refractivity (Wildman–Crippen MR) is 129 cm³/mol. The molecule has 0 aromatic heterocycles. The molecule has 0 spiro atoms. The highest BCUT2D eigenvalue weighted by molar-refractivity contribution is 6.31. The van der Waals surface area contributed by atoms with Crippen LogP contribution in [0.4, 0.5) is 5.69 Å². The maximum absolute atomic E-state index is 13.2. The summed E-state index contributed by atoms with van der Waals surface area (Å²) in [5.41, 5.74) is 0.485. The summed E-state index contributed by atoms with van der Waals surface area (Å²) in [7, 11) is 1.31. The second kappa shape index (κ2) is 12.8. The van der Waals surface area contributed by atoms with E-state index in [1.54, 1.807) is 18.2 Å². The Balaban J connectivity index is 2.25. The van der Waals surface area contributed by atoms with Gasteiger partial charge < -0.3 is 19.7 Å². The Kier molecular flexibility index (Phi) is 10.1. The Bertz CT molecular complexity index is 1010. The number of hydrogen-bond donors (Lipinski definition) is 1. The van der Waals surface area contributed by atoms with E-state index in [2.05, 4.69) is 5.32 Å². The Morgan fingerprint density at radius 2 is 1.91 bits per heavy atom. The molecule has 1 atom stereocenters. The normalized spacial score (nSPS) is 11.6. The summed E-state index contributed by atoms with van der Waals surface area (Å²) >= 11 is 6.31. The van der Waals surface area contributed by atoms with Crippen LogP contribution >= 0.6 is 11.6 Å². The lowest BCUT2D eigenvalue weighted by Gasteiger charge is -2.31. The quantitative estimate of drug-likeness (QED) is 0.351. The third-order valence-electron chi connectivity index (χ3n) is 5.08. The van der Waals surface area contributed by atoms with E-state index in [0.29, 0.717) is 23.6 Å². The zero-order valence-electron chi connectivity index (χ0n) is 19.7. The minimum absolute atomic E-state index is 0.0161. The predicted octanol–water partition coefficient (Wildman–Crippen LogP) is 4.22. The summed E-state index contributed by atoms with van der Waals surface area (Å²) in [6, 6.07) is 10.4. The number of rotatable bonds is 12. The molecule has 0 aliphatic heterocycles. The molecule has 184 valence electrons. The van der Waals surface area contributed by atoms with Crippen LogP contribution in [0.3, 0.4) is 0 Å². The third kappa shape index (κ3) is 7.34. The van der Waals surface area contributed by atoms with Crippen molar-refractivity contribution < 1.29 is 24.0 Å². The molecule has 0 saturated heterocycles. The molecule has 0 aliphatic carbocycles. The molecule has 34 heavy (non-hydrogen) atoms. The van der Waals surface area contributed by atoms with Crippen LogP contribution in [0.25, 0.3) is 0 Å². The van der Waals surface area contributed by atoms with Gasteiger partial charge in [0.1, 0.15) is 11.8 Å². The average molecular weight is 492 g/mol. The fraction of sp³-hybridized carbons (Fsp3) is 0.417. The molecule has 0 aliphatic rings. The number of carbonyl (C=O) groups excluding carboxylic acids is 2. The van der Waals surface area contributed by atoms with E-state index in [9.17, 15) is 19.7 Å². The molecular weight excluding hydrogens is 462 g/mol. The van der Waals surface area contributed by atoms with Crippen LogP contribution in [0, 0.1) is 16.0 Å².